The smallest absolute Gasteiger partial charge is 0.271 e. The lowest BCUT2D eigenvalue weighted by atomic mass is 10.1. The first-order valence-electron chi connectivity index (χ1n) is 7.36. The molecule has 0 bridgehead atoms. The highest BCUT2D eigenvalue weighted by Gasteiger charge is 2.32. The molecule has 1 saturated heterocycles. The number of carbonyl (C=O) groups is 1. The molecular weight excluding hydrogens is 306 g/mol. The molecule has 0 unspecified atom stereocenters. The van der Waals surface area contributed by atoms with Gasteiger partial charge in [0.1, 0.15) is 17.3 Å². The highest BCUT2D eigenvalue weighted by Crippen LogP contribution is 2.20. The van der Waals surface area contributed by atoms with Crippen LogP contribution in [0.3, 0.4) is 0 Å². The summed E-state index contributed by atoms with van der Waals surface area (Å²) in [6.45, 7) is 4.27. The van der Waals surface area contributed by atoms with Crippen LogP contribution in [0.4, 0.5) is 5.69 Å². The maximum absolute atomic E-state index is 12.0. The molecule has 1 amide bonds. The number of nitrogens with one attached hydrogen (secondary N) is 2. The second-order valence-corrected chi connectivity index (χ2v) is 5.51. The number of aromatic amines is 1. The summed E-state index contributed by atoms with van der Waals surface area (Å²) in [5.41, 5.74) is 1.95. The fraction of sp³-hybridized carbons (Fsp3) is 0.176. The van der Waals surface area contributed by atoms with Gasteiger partial charge in [-0.15, -0.1) is 0 Å². The topological polar surface area (TPSA) is 102 Å². The van der Waals surface area contributed by atoms with Gasteiger partial charge in [0.15, 0.2) is 0 Å². The van der Waals surface area contributed by atoms with Crippen molar-refractivity contribution >= 4 is 11.6 Å². The Morgan fingerprint density at radius 1 is 1.38 bits per heavy atom. The van der Waals surface area contributed by atoms with Crippen LogP contribution >= 0.6 is 0 Å². The first kappa shape index (κ1) is 15.5. The van der Waals surface area contributed by atoms with E-state index in [9.17, 15) is 9.59 Å². The van der Waals surface area contributed by atoms with E-state index in [1.807, 2.05) is 12.1 Å². The summed E-state index contributed by atoms with van der Waals surface area (Å²) in [5.74, 6) is -0.366. The number of anilines is 1. The predicted molar refractivity (Wildman–Crippen MR) is 89.0 cm³/mol. The minimum absolute atomic E-state index is 0.0331. The average molecular weight is 321 g/mol. The standard InChI is InChI=1S/C17H15N5O2/c1-11(7-18)17(24)22-9-14(10-22)21-15-6-13(8-20-16(15)23)12-2-4-19-5-3-12/h2-6,8,14,21H,1,9-10H2,(H,20,23). The number of hydrogen-bond acceptors (Lipinski definition) is 5. The van der Waals surface area contributed by atoms with Crippen molar-refractivity contribution in [2.75, 3.05) is 18.4 Å². The fourth-order valence-electron chi connectivity index (χ4n) is 2.50. The molecule has 1 fully saturated rings. The van der Waals surface area contributed by atoms with E-state index in [2.05, 4.69) is 21.9 Å². The molecule has 3 rings (SSSR count). The molecule has 1 aliphatic heterocycles. The second-order valence-electron chi connectivity index (χ2n) is 5.51. The number of H-pyrrole nitrogens is 1. The maximum atomic E-state index is 12.0. The van der Waals surface area contributed by atoms with Crippen molar-refractivity contribution < 1.29 is 4.79 Å². The van der Waals surface area contributed by atoms with Gasteiger partial charge in [-0.1, -0.05) is 6.58 Å². The van der Waals surface area contributed by atoms with E-state index in [1.54, 1.807) is 30.7 Å². The molecule has 0 aliphatic carbocycles. The average Bonchev–Trinajstić information content (AvgIpc) is 2.58. The zero-order valence-corrected chi connectivity index (χ0v) is 12.8. The van der Waals surface area contributed by atoms with Crippen molar-refractivity contribution in [3.05, 3.63) is 59.3 Å². The van der Waals surface area contributed by atoms with E-state index in [0.29, 0.717) is 18.8 Å². The van der Waals surface area contributed by atoms with Gasteiger partial charge in [-0.25, -0.2) is 0 Å². The van der Waals surface area contributed by atoms with Crippen molar-refractivity contribution in [3.8, 4) is 17.2 Å². The molecule has 2 aromatic heterocycles. The van der Waals surface area contributed by atoms with E-state index >= 15 is 0 Å². The van der Waals surface area contributed by atoms with E-state index in [-0.39, 0.29) is 23.1 Å². The van der Waals surface area contributed by atoms with Gasteiger partial charge in [-0.3, -0.25) is 14.6 Å². The van der Waals surface area contributed by atoms with Crippen LogP contribution in [0, 0.1) is 11.3 Å². The number of pyridine rings is 2. The van der Waals surface area contributed by atoms with Crippen LogP contribution in [-0.2, 0) is 4.79 Å². The molecule has 0 spiro atoms. The molecule has 0 radical (unpaired) electrons. The first-order valence-corrected chi connectivity index (χ1v) is 7.36. The molecule has 2 N–H and O–H groups in total. The van der Waals surface area contributed by atoms with Crippen molar-refractivity contribution in [1.82, 2.24) is 14.9 Å². The van der Waals surface area contributed by atoms with Crippen LogP contribution in [0.5, 0.6) is 0 Å². The maximum Gasteiger partial charge on any atom is 0.271 e. The predicted octanol–water partition coefficient (Wildman–Crippen LogP) is 1.14. The molecule has 7 nitrogen and oxygen atoms in total. The van der Waals surface area contributed by atoms with Gasteiger partial charge in [0.05, 0.1) is 6.04 Å². The molecule has 3 heterocycles. The number of likely N-dealkylation sites (tertiary alicyclic amines) is 1. The highest BCUT2D eigenvalue weighted by molar-refractivity contribution is 5.97. The normalized spacial score (nSPS) is 13.7. The fourth-order valence-corrected chi connectivity index (χ4v) is 2.50. The third-order valence-electron chi connectivity index (χ3n) is 3.84. The van der Waals surface area contributed by atoms with Gasteiger partial charge in [-0.2, -0.15) is 5.26 Å². The molecule has 24 heavy (non-hydrogen) atoms. The van der Waals surface area contributed by atoms with Gasteiger partial charge in [0, 0.05) is 37.2 Å². The number of nitrogens with zero attached hydrogens (tertiary/aromatic N) is 3. The largest absolute Gasteiger partial charge is 0.374 e. The highest BCUT2D eigenvalue weighted by atomic mass is 16.2. The second kappa shape index (κ2) is 6.38. The Balaban J connectivity index is 1.69. The summed E-state index contributed by atoms with van der Waals surface area (Å²) >= 11 is 0. The summed E-state index contributed by atoms with van der Waals surface area (Å²) in [6, 6.07) is 7.20. The zero-order valence-electron chi connectivity index (χ0n) is 12.8. The summed E-state index contributed by atoms with van der Waals surface area (Å²) in [4.78, 5) is 31.9. The molecule has 0 saturated carbocycles. The number of carbonyl (C=O) groups excluding carboxylic acids is 1. The molecule has 0 atom stereocenters. The van der Waals surface area contributed by atoms with Gasteiger partial charge >= 0.3 is 0 Å². The molecule has 120 valence electrons. The van der Waals surface area contributed by atoms with Crippen molar-refractivity contribution in [2.24, 2.45) is 0 Å². The third kappa shape index (κ3) is 3.03. The Kier molecular flexibility index (Phi) is 4.12. The molecular formula is C17H15N5O2. The SMILES string of the molecule is C=C(C#N)C(=O)N1CC(Nc2cc(-c3ccncc3)c[nH]c2=O)C1. The van der Waals surface area contributed by atoms with Crippen LogP contribution in [0.2, 0.25) is 0 Å². The van der Waals surface area contributed by atoms with Gasteiger partial charge in [-0.05, 0) is 23.8 Å². The monoisotopic (exact) mass is 321 g/mol. The molecule has 0 aromatic carbocycles. The molecule has 2 aromatic rings. The van der Waals surface area contributed by atoms with Crippen LogP contribution in [0.15, 0.2) is 53.7 Å². The van der Waals surface area contributed by atoms with Crippen molar-refractivity contribution in [1.29, 1.82) is 5.26 Å². The van der Waals surface area contributed by atoms with Gasteiger partial charge in [0.2, 0.25) is 0 Å². The van der Waals surface area contributed by atoms with Crippen LogP contribution in [-0.4, -0.2) is 39.9 Å². The minimum Gasteiger partial charge on any atom is -0.374 e. The lowest BCUT2D eigenvalue weighted by Gasteiger charge is -2.39. The Labute approximate surface area is 138 Å². The van der Waals surface area contributed by atoms with E-state index in [0.717, 1.165) is 11.1 Å². The zero-order chi connectivity index (χ0) is 17.1. The number of hydrogen-bond donors (Lipinski definition) is 2. The lowest BCUT2D eigenvalue weighted by molar-refractivity contribution is -0.130. The third-order valence-corrected chi connectivity index (χ3v) is 3.84. The van der Waals surface area contributed by atoms with Crippen LogP contribution in [0.1, 0.15) is 0 Å². The van der Waals surface area contributed by atoms with E-state index in [1.165, 1.54) is 4.90 Å². The summed E-state index contributed by atoms with van der Waals surface area (Å²) in [6.07, 6.45) is 5.02. The quantitative estimate of drug-likeness (QED) is 0.649. The Morgan fingerprint density at radius 2 is 2.08 bits per heavy atom. The Bertz CT molecular complexity index is 876. The first-order chi connectivity index (χ1) is 11.6. The lowest BCUT2D eigenvalue weighted by Crippen LogP contribution is -2.57. The van der Waals surface area contributed by atoms with E-state index < -0.39 is 0 Å². The van der Waals surface area contributed by atoms with E-state index in [4.69, 9.17) is 5.26 Å². The van der Waals surface area contributed by atoms with Crippen LogP contribution in [0.25, 0.3) is 11.1 Å². The number of amides is 1. The summed E-state index contributed by atoms with van der Waals surface area (Å²) in [7, 11) is 0. The van der Waals surface area contributed by atoms with Crippen molar-refractivity contribution in [3.63, 3.8) is 0 Å². The van der Waals surface area contributed by atoms with Crippen molar-refractivity contribution in [2.45, 2.75) is 6.04 Å². The minimum atomic E-state index is -0.366. The summed E-state index contributed by atoms with van der Waals surface area (Å²) < 4.78 is 0. The molecule has 1 aliphatic rings. The summed E-state index contributed by atoms with van der Waals surface area (Å²) in [5, 5.41) is 11.8. The van der Waals surface area contributed by atoms with Gasteiger partial charge in [0.25, 0.3) is 11.5 Å². The Morgan fingerprint density at radius 3 is 2.75 bits per heavy atom. The van der Waals surface area contributed by atoms with Crippen LogP contribution < -0.4 is 10.9 Å². The van der Waals surface area contributed by atoms with Gasteiger partial charge < -0.3 is 15.2 Å². The Hall–Kier alpha value is -3.40. The number of nitriles is 1. The number of rotatable bonds is 4. The number of aromatic nitrogens is 2. The molecule has 7 heteroatoms.